The fraction of sp³-hybridized carbons (Fsp3) is 0.176. The molecule has 1 fully saturated rings. The van der Waals surface area contributed by atoms with Crippen LogP contribution in [0.1, 0.15) is 46.1 Å². The van der Waals surface area contributed by atoms with E-state index in [-0.39, 0.29) is 17.8 Å². The lowest BCUT2D eigenvalue weighted by atomic mass is 9.82. The Hall–Kier alpha value is -4.22. The van der Waals surface area contributed by atoms with Crippen LogP contribution in [0.15, 0.2) is 109 Å². The van der Waals surface area contributed by atoms with Crippen LogP contribution in [0.2, 0.25) is 0 Å². The minimum absolute atomic E-state index is 0.205. The highest BCUT2D eigenvalue weighted by atomic mass is 16.5. The summed E-state index contributed by atoms with van der Waals surface area (Å²) in [6, 6.07) is 36.2. The van der Waals surface area contributed by atoms with E-state index in [1.54, 1.807) is 14.2 Å². The third-order valence-electron chi connectivity index (χ3n) is 7.49. The average molecular weight is 469 g/mol. The molecule has 2 aliphatic rings. The van der Waals surface area contributed by atoms with Gasteiger partial charge in [0.1, 0.15) is 0 Å². The highest BCUT2D eigenvalue weighted by Crippen LogP contribution is 2.63. The number of allylic oxidation sites excluding steroid dienone is 1. The maximum Gasteiger partial charge on any atom is 0.161 e. The molecule has 3 atom stereocenters. The molecule has 0 aromatic heterocycles. The Morgan fingerprint density at radius 1 is 0.694 bits per heavy atom. The van der Waals surface area contributed by atoms with Crippen LogP contribution in [0.5, 0.6) is 11.5 Å². The summed E-state index contributed by atoms with van der Waals surface area (Å²) < 4.78 is 11.4. The Labute approximate surface area is 213 Å². The van der Waals surface area contributed by atoms with Crippen LogP contribution >= 0.6 is 0 Å². The minimum atomic E-state index is 0.205. The zero-order valence-corrected chi connectivity index (χ0v) is 20.6. The molecule has 176 valence electrons. The van der Waals surface area contributed by atoms with Crippen LogP contribution in [0.4, 0.5) is 0 Å². The molecule has 4 aromatic carbocycles. The number of hydrogen-bond donors (Lipinski definition) is 0. The first-order valence-corrected chi connectivity index (χ1v) is 12.5. The van der Waals surface area contributed by atoms with E-state index < -0.39 is 0 Å². The number of ether oxygens (including phenoxy) is 2. The maximum absolute atomic E-state index is 5.72. The van der Waals surface area contributed by atoms with Gasteiger partial charge >= 0.3 is 0 Å². The summed E-state index contributed by atoms with van der Waals surface area (Å²) in [6.07, 6.45) is 1.01. The van der Waals surface area contributed by atoms with Gasteiger partial charge < -0.3 is 9.47 Å². The summed E-state index contributed by atoms with van der Waals surface area (Å²) in [5, 5.41) is 0. The number of hydrogen-bond acceptors (Lipinski definition) is 2. The standard InChI is InChI=1S/C34H28O2/c1-35-30-21-27-28-20-26(19-18-23-12-6-3-7-13-23)33(29(27)22-31(30)36-2)34(28)32(24-14-8-4-9-15-24)25-16-10-5-11-17-25/h3-17,21-22,26,28,33H,20H2,1-2H3. The molecule has 36 heavy (non-hydrogen) atoms. The van der Waals surface area contributed by atoms with Gasteiger partial charge in [-0.15, -0.1) is 0 Å². The smallest absolute Gasteiger partial charge is 0.161 e. The average Bonchev–Trinajstić information content (AvgIpc) is 3.45. The summed E-state index contributed by atoms with van der Waals surface area (Å²) in [7, 11) is 3.42. The van der Waals surface area contributed by atoms with Gasteiger partial charge in [0, 0.05) is 23.3 Å². The van der Waals surface area contributed by atoms with Crippen molar-refractivity contribution in [1.82, 2.24) is 0 Å². The van der Waals surface area contributed by atoms with Crippen LogP contribution < -0.4 is 9.47 Å². The Balaban J connectivity index is 1.58. The molecule has 3 unspecified atom stereocenters. The molecule has 0 spiro atoms. The van der Waals surface area contributed by atoms with E-state index in [1.807, 2.05) is 18.2 Å². The fourth-order valence-electron chi connectivity index (χ4n) is 5.99. The van der Waals surface area contributed by atoms with Crippen molar-refractivity contribution in [3.63, 3.8) is 0 Å². The first-order chi connectivity index (χ1) is 17.8. The molecule has 0 radical (unpaired) electrons. The molecule has 0 N–H and O–H groups in total. The van der Waals surface area contributed by atoms with Crippen molar-refractivity contribution in [2.75, 3.05) is 14.2 Å². The second-order valence-corrected chi connectivity index (χ2v) is 9.41. The van der Waals surface area contributed by atoms with Crippen LogP contribution in [0.3, 0.4) is 0 Å². The minimum Gasteiger partial charge on any atom is -0.493 e. The van der Waals surface area contributed by atoms with E-state index in [0.717, 1.165) is 23.5 Å². The first-order valence-electron chi connectivity index (χ1n) is 12.5. The van der Waals surface area contributed by atoms with Gasteiger partial charge in [0.2, 0.25) is 0 Å². The zero-order chi connectivity index (χ0) is 24.5. The maximum atomic E-state index is 5.72. The van der Waals surface area contributed by atoms with Gasteiger partial charge in [-0.3, -0.25) is 0 Å². The summed E-state index contributed by atoms with van der Waals surface area (Å²) in [5.41, 5.74) is 9.00. The van der Waals surface area contributed by atoms with Crippen molar-refractivity contribution in [2.24, 2.45) is 5.92 Å². The van der Waals surface area contributed by atoms with Crippen LogP contribution in [0.25, 0.3) is 5.57 Å². The number of benzene rings is 4. The SMILES string of the molecule is COc1cc2c(cc1OC)C1C(=C(c3ccccc3)c3ccccc3)C2CC1C#Cc1ccccc1. The molecular weight excluding hydrogens is 440 g/mol. The van der Waals surface area contributed by atoms with Gasteiger partial charge in [-0.05, 0) is 64.1 Å². The second kappa shape index (κ2) is 9.44. The van der Waals surface area contributed by atoms with Crippen molar-refractivity contribution in [3.8, 4) is 23.3 Å². The predicted molar refractivity (Wildman–Crippen MR) is 145 cm³/mol. The summed E-state index contributed by atoms with van der Waals surface area (Å²) in [4.78, 5) is 0. The molecule has 0 saturated heterocycles. The van der Waals surface area contributed by atoms with Crippen molar-refractivity contribution in [2.45, 2.75) is 18.3 Å². The van der Waals surface area contributed by atoms with E-state index in [4.69, 9.17) is 9.47 Å². The molecular formula is C34H28O2. The topological polar surface area (TPSA) is 18.5 Å². The normalized spacial score (nSPS) is 19.3. The highest BCUT2D eigenvalue weighted by molar-refractivity contribution is 5.86. The third kappa shape index (κ3) is 3.78. The van der Waals surface area contributed by atoms with Gasteiger partial charge in [-0.25, -0.2) is 0 Å². The van der Waals surface area contributed by atoms with Crippen molar-refractivity contribution < 1.29 is 9.47 Å². The molecule has 2 heteroatoms. The van der Waals surface area contributed by atoms with E-state index in [2.05, 4.69) is 96.8 Å². The van der Waals surface area contributed by atoms with Gasteiger partial charge in [0.15, 0.2) is 11.5 Å². The molecule has 0 aliphatic heterocycles. The summed E-state index contributed by atoms with van der Waals surface area (Å²) in [5.74, 6) is 9.42. The molecule has 6 rings (SSSR count). The Bertz CT molecular complexity index is 1430. The highest BCUT2D eigenvalue weighted by Gasteiger charge is 2.49. The quantitative estimate of drug-likeness (QED) is 0.290. The zero-order valence-electron chi connectivity index (χ0n) is 20.6. The van der Waals surface area contributed by atoms with Gasteiger partial charge in [-0.1, -0.05) is 90.7 Å². The monoisotopic (exact) mass is 468 g/mol. The summed E-state index contributed by atoms with van der Waals surface area (Å²) >= 11 is 0. The molecule has 1 saturated carbocycles. The number of rotatable bonds is 4. The fourth-order valence-corrected chi connectivity index (χ4v) is 5.99. The van der Waals surface area contributed by atoms with E-state index >= 15 is 0 Å². The summed E-state index contributed by atoms with van der Waals surface area (Å²) in [6.45, 7) is 0. The van der Waals surface area contributed by atoms with Crippen LogP contribution in [-0.4, -0.2) is 14.2 Å². The third-order valence-corrected chi connectivity index (χ3v) is 7.49. The molecule has 2 bridgehead atoms. The second-order valence-electron chi connectivity index (χ2n) is 9.41. The molecule has 0 amide bonds. The molecule has 2 nitrogen and oxygen atoms in total. The Morgan fingerprint density at radius 2 is 1.22 bits per heavy atom. The first kappa shape index (κ1) is 22.3. The largest absolute Gasteiger partial charge is 0.493 e. The van der Waals surface area contributed by atoms with Crippen molar-refractivity contribution >= 4 is 5.57 Å². The Kier molecular flexibility index (Phi) is 5.84. The lowest BCUT2D eigenvalue weighted by Crippen LogP contribution is -2.10. The number of methoxy groups -OCH3 is 2. The Morgan fingerprint density at radius 3 is 1.78 bits per heavy atom. The molecule has 4 aromatic rings. The van der Waals surface area contributed by atoms with Gasteiger partial charge in [0.05, 0.1) is 14.2 Å². The van der Waals surface area contributed by atoms with E-state index in [0.29, 0.717) is 0 Å². The lowest BCUT2D eigenvalue weighted by Gasteiger charge is -2.22. The molecule has 2 aliphatic carbocycles. The van der Waals surface area contributed by atoms with Gasteiger partial charge in [0.25, 0.3) is 0 Å². The van der Waals surface area contributed by atoms with Crippen LogP contribution in [0, 0.1) is 17.8 Å². The molecule has 0 heterocycles. The van der Waals surface area contributed by atoms with Crippen molar-refractivity contribution in [1.29, 1.82) is 0 Å². The lowest BCUT2D eigenvalue weighted by molar-refractivity contribution is 0.353. The number of fused-ring (bicyclic) bond motifs is 5. The predicted octanol–water partition coefficient (Wildman–Crippen LogP) is 7.46. The van der Waals surface area contributed by atoms with Crippen molar-refractivity contribution in [3.05, 3.63) is 137 Å². The van der Waals surface area contributed by atoms with Gasteiger partial charge in [-0.2, -0.15) is 0 Å². The van der Waals surface area contributed by atoms with E-state index in [9.17, 15) is 0 Å². The van der Waals surface area contributed by atoms with E-state index in [1.165, 1.54) is 33.4 Å². The van der Waals surface area contributed by atoms with Crippen LogP contribution in [-0.2, 0) is 0 Å².